The highest BCUT2D eigenvalue weighted by Crippen LogP contribution is 2.44. The number of benzene rings is 2. The van der Waals surface area contributed by atoms with Crippen molar-refractivity contribution in [3.05, 3.63) is 59.7 Å². The van der Waals surface area contributed by atoms with Gasteiger partial charge in [-0.2, -0.15) is 0 Å². The number of carbonyl (C=O) groups excluding carboxylic acids is 2. The van der Waals surface area contributed by atoms with E-state index in [1.165, 1.54) is 0 Å². The highest BCUT2D eigenvalue weighted by Gasteiger charge is 2.36. The Bertz CT molecular complexity index is 1010. The van der Waals surface area contributed by atoms with Crippen molar-refractivity contribution in [3.63, 3.8) is 0 Å². The number of hydrogen-bond acceptors (Lipinski definition) is 4. The smallest absolute Gasteiger partial charge is 0.407 e. The van der Waals surface area contributed by atoms with E-state index in [0.29, 0.717) is 25.4 Å². The Kier molecular flexibility index (Phi) is 7.20. The van der Waals surface area contributed by atoms with E-state index in [1.807, 2.05) is 38.1 Å². The minimum Gasteiger partial charge on any atom is -0.481 e. The molecule has 2 aromatic carbocycles. The van der Waals surface area contributed by atoms with Crippen molar-refractivity contribution in [2.75, 3.05) is 19.7 Å². The Morgan fingerprint density at radius 3 is 2.18 bits per heavy atom. The molecule has 34 heavy (non-hydrogen) atoms. The molecule has 4 rings (SSSR count). The first kappa shape index (κ1) is 23.8. The zero-order valence-electron chi connectivity index (χ0n) is 19.7. The standard InChI is InChI=1S/C27H32N2O5/c1-17(2)25(26(32)29-14-18(15-29)8-7-13-24(30)31)28-27(33)34-16-23-21-11-5-3-9-19(21)20-10-4-6-12-22(20)23/h3-6,9-12,17-18,23,25H,7-8,13-16H2,1-2H3,(H,28,33)(H,30,31). The summed E-state index contributed by atoms with van der Waals surface area (Å²) in [5, 5.41) is 11.5. The van der Waals surface area contributed by atoms with Gasteiger partial charge in [-0.05, 0) is 46.9 Å². The van der Waals surface area contributed by atoms with Crippen molar-refractivity contribution >= 4 is 18.0 Å². The zero-order valence-corrected chi connectivity index (χ0v) is 19.7. The number of carboxylic acids is 1. The third-order valence-electron chi connectivity index (χ3n) is 6.82. The first-order valence-corrected chi connectivity index (χ1v) is 12.0. The molecule has 2 aromatic rings. The summed E-state index contributed by atoms with van der Waals surface area (Å²) in [6.07, 6.45) is 0.977. The van der Waals surface area contributed by atoms with E-state index < -0.39 is 18.1 Å². The summed E-state index contributed by atoms with van der Waals surface area (Å²) < 4.78 is 5.62. The van der Waals surface area contributed by atoms with Gasteiger partial charge in [0.15, 0.2) is 0 Å². The fraction of sp³-hybridized carbons (Fsp3) is 0.444. The van der Waals surface area contributed by atoms with Crippen LogP contribution in [-0.4, -0.2) is 53.7 Å². The van der Waals surface area contributed by atoms with E-state index in [4.69, 9.17) is 9.84 Å². The van der Waals surface area contributed by atoms with E-state index in [1.54, 1.807) is 4.90 Å². The second-order valence-electron chi connectivity index (χ2n) is 9.59. The predicted molar refractivity (Wildman–Crippen MR) is 128 cm³/mol. The van der Waals surface area contributed by atoms with Gasteiger partial charge in [0, 0.05) is 25.4 Å². The van der Waals surface area contributed by atoms with Gasteiger partial charge in [-0.15, -0.1) is 0 Å². The van der Waals surface area contributed by atoms with Gasteiger partial charge in [-0.25, -0.2) is 4.79 Å². The number of ether oxygens (including phenoxy) is 1. The molecule has 1 unspecified atom stereocenters. The molecule has 1 aliphatic heterocycles. The number of hydrogen-bond donors (Lipinski definition) is 2. The van der Waals surface area contributed by atoms with Crippen LogP contribution < -0.4 is 5.32 Å². The van der Waals surface area contributed by atoms with E-state index >= 15 is 0 Å². The number of alkyl carbamates (subject to hydrolysis) is 1. The fourth-order valence-electron chi connectivity index (χ4n) is 4.95. The molecule has 2 N–H and O–H groups in total. The van der Waals surface area contributed by atoms with Gasteiger partial charge >= 0.3 is 12.1 Å². The SMILES string of the molecule is CC(C)C(NC(=O)OCC1c2ccccc2-c2ccccc21)C(=O)N1CC(CCCC(=O)O)C1. The summed E-state index contributed by atoms with van der Waals surface area (Å²) in [5.74, 6) is -0.699. The second-order valence-corrected chi connectivity index (χ2v) is 9.59. The lowest BCUT2D eigenvalue weighted by atomic mass is 9.91. The molecule has 1 fully saturated rings. The van der Waals surface area contributed by atoms with Crippen LogP contribution in [0.3, 0.4) is 0 Å². The van der Waals surface area contributed by atoms with Crippen LogP contribution in [0.25, 0.3) is 11.1 Å². The maximum absolute atomic E-state index is 13.0. The number of amides is 2. The molecule has 180 valence electrons. The van der Waals surface area contributed by atoms with Gasteiger partial charge < -0.3 is 20.1 Å². The molecule has 7 heteroatoms. The summed E-state index contributed by atoms with van der Waals surface area (Å²) in [4.78, 5) is 38.1. The zero-order chi connectivity index (χ0) is 24.2. The van der Waals surface area contributed by atoms with Crippen LogP contribution in [0.4, 0.5) is 4.79 Å². The summed E-state index contributed by atoms with van der Waals surface area (Å²) in [6.45, 7) is 5.21. The number of aliphatic carboxylic acids is 1. The number of carboxylic acid groups (broad SMARTS) is 1. The molecular weight excluding hydrogens is 432 g/mol. The first-order valence-electron chi connectivity index (χ1n) is 12.0. The molecule has 1 heterocycles. The number of likely N-dealkylation sites (tertiary alicyclic amines) is 1. The molecule has 0 bridgehead atoms. The minimum atomic E-state index is -0.792. The number of fused-ring (bicyclic) bond motifs is 3. The van der Waals surface area contributed by atoms with Gasteiger partial charge in [-0.3, -0.25) is 9.59 Å². The Balaban J connectivity index is 1.31. The highest BCUT2D eigenvalue weighted by molar-refractivity contribution is 5.86. The van der Waals surface area contributed by atoms with E-state index in [9.17, 15) is 14.4 Å². The van der Waals surface area contributed by atoms with Crippen LogP contribution in [0.2, 0.25) is 0 Å². The largest absolute Gasteiger partial charge is 0.481 e. The van der Waals surface area contributed by atoms with Crippen LogP contribution in [0, 0.1) is 11.8 Å². The topological polar surface area (TPSA) is 95.9 Å². The maximum Gasteiger partial charge on any atom is 0.407 e. The number of carbonyl (C=O) groups is 3. The molecule has 1 atom stereocenters. The molecule has 2 aliphatic rings. The molecular formula is C27H32N2O5. The predicted octanol–water partition coefficient (Wildman–Crippen LogP) is 4.26. The van der Waals surface area contributed by atoms with Gasteiger partial charge in [0.2, 0.25) is 5.91 Å². The third-order valence-corrected chi connectivity index (χ3v) is 6.82. The number of rotatable bonds is 9. The maximum atomic E-state index is 13.0. The van der Waals surface area contributed by atoms with Gasteiger partial charge in [-0.1, -0.05) is 62.4 Å². The monoisotopic (exact) mass is 464 g/mol. The van der Waals surface area contributed by atoms with Crippen molar-refractivity contribution in [3.8, 4) is 11.1 Å². The van der Waals surface area contributed by atoms with E-state index in [0.717, 1.165) is 28.7 Å². The summed E-state index contributed by atoms with van der Waals surface area (Å²) >= 11 is 0. The van der Waals surface area contributed by atoms with Crippen LogP contribution in [0.5, 0.6) is 0 Å². The lowest BCUT2D eigenvalue weighted by Crippen LogP contribution is -2.58. The van der Waals surface area contributed by atoms with Crippen LogP contribution >= 0.6 is 0 Å². The Hall–Kier alpha value is -3.35. The molecule has 7 nitrogen and oxygen atoms in total. The average molecular weight is 465 g/mol. The lowest BCUT2D eigenvalue weighted by molar-refractivity contribution is -0.142. The molecule has 0 saturated carbocycles. The highest BCUT2D eigenvalue weighted by atomic mass is 16.5. The van der Waals surface area contributed by atoms with Crippen LogP contribution in [0.1, 0.15) is 50.2 Å². The quantitative estimate of drug-likeness (QED) is 0.578. The normalized spacial score (nSPS) is 15.9. The Morgan fingerprint density at radius 2 is 1.62 bits per heavy atom. The van der Waals surface area contributed by atoms with Gasteiger partial charge in [0.05, 0.1) is 0 Å². The molecule has 0 radical (unpaired) electrons. The van der Waals surface area contributed by atoms with Crippen molar-refractivity contribution in [1.82, 2.24) is 10.2 Å². The molecule has 1 saturated heterocycles. The summed E-state index contributed by atoms with van der Waals surface area (Å²) in [5.41, 5.74) is 4.61. The second kappa shape index (κ2) is 10.3. The van der Waals surface area contributed by atoms with Crippen LogP contribution in [0.15, 0.2) is 48.5 Å². The minimum absolute atomic E-state index is 0.0340. The third kappa shape index (κ3) is 5.08. The lowest BCUT2D eigenvalue weighted by Gasteiger charge is -2.41. The molecule has 2 amide bonds. The van der Waals surface area contributed by atoms with Gasteiger partial charge in [0.25, 0.3) is 0 Å². The Labute approximate surface area is 200 Å². The van der Waals surface area contributed by atoms with Gasteiger partial charge in [0.1, 0.15) is 12.6 Å². The molecule has 0 spiro atoms. The van der Waals surface area contributed by atoms with Crippen molar-refractivity contribution in [2.24, 2.45) is 11.8 Å². The van der Waals surface area contributed by atoms with Crippen molar-refractivity contribution in [2.45, 2.75) is 45.1 Å². The average Bonchev–Trinajstić information content (AvgIpc) is 3.10. The summed E-state index contributed by atoms with van der Waals surface area (Å²) in [7, 11) is 0. The van der Waals surface area contributed by atoms with Crippen molar-refractivity contribution in [1.29, 1.82) is 0 Å². The fourth-order valence-corrected chi connectivity index (χ4v) is 4.95. The number of nitrogens with zero attached hydrogens (tertiary/aromatic N) is 1. The van der Waals surface area contributed by atoms with Crippen molar-refractivity contribution < 1.29 is 24.2 Å². The summed E-state index contributed by atoms with van der Waals surface area (Å²) in [6, 6.07) is 15.7. The van der Waals surface area contributed by atoms with Crippen LogP contribution in [-0.2, 0) is 14.3 Å². The molecule has 0 aromatic heterocycles. The van der Waals surface area contributed by atoms with E-state index in [2.05, 4.69) is 29.6 Å². The molecule has 1 aliphatic carbocycles. The Morgan fingerprint density at radius 1 is 1.03 bits per heavy atom. The first-order chi connectivity index (χ1) is 16.3. The van der Waals surface area contributed by atoms with E-state index in [-0.39, 0.29) is 30.8 Å². The number of nitrogens with one attached hydrogen (secondary N) is 1.